The fourth-order valence-electron chi connectivity index (χ4n) is 7.02. The number of aromatic amines is 1. The molecule has 1 unspecified atom stereocenters. The van der Waals surface area contributed by atoms with Crippen LogP contribution in [0.4, 0.5) is 0 Å². The van der Waals surface area contributed by atoms with E-state index in [1.165, 1.54) is 27.6 Å². The molecule has 1 fully saturated rings. The van der Waals surface area contributed by atoms with Crippen LogP contribution in [0.5, 0.6) is 11.5 Å². The maximum Gasteiger partial charge on any atom is 0.237 e. The number of rotatable bonds is 12. The molecule has 2 aliphatic rings. The SMILES string of the molecule is COc1ccc(Cn2c(CCc3c[nH]c4ccccc34)nnc2[C@@H](CC2=CCc3ccccc32)NC(=O)C2CCCCN2)c(OC)c1. The Labute approximate surface area is 275 Å². The Hall–Kier alpha value is -4.89. The number of carbonyl (C=O) groups is 1. The summed E-state index contributed by atoms with van der Waals surface area (Å²) in [6.45, 7) is 1.34. The fraction of sp³-hybridized carbons (Fsp3) is 0.342. The van der Waals surface area contributed by atoms with Crippen molar-refractivity contribution in [3.63, 3.8) is 0 Å². The van der Waals surface area contributed by atoms with E-state index in [0.29, 0.717) is 19.4 Å². The number of H-pyrrole nitrogens is 1. The molecule has 1 aliphatic heterocycles. The van der Waals surface area contributed by atoms with Crippen LogP contribution in [0, 0.1) is 0 Å². The monoisotopic (exact) mass is 630 g/mol. The molecule has 2 atom stereocenters. The number of methoxy groups -OCH3 is 2. The first-order chi connectivity index (χ1) is 23.1. The quantitative estimate of drug-likeness (QED) is 0.158. The van der Waals surface area contributed by atoms with E-state index >= 15 is 0 Å². The highest BCUT2D eigenvalue weighted by Gasteiger charge is 2.30. The van der Waals surface area contributed by atoms with Gasteiger partial charge in [-0.15, -0.1) is 10.2 Å². The molecule has 3 heterocycles. The van der Waals surface area contributed by atoms with E-state index < -0.39 is 0 Å². The molecule has 0 spiro atoms. The second-order valence-electron chi connectivity index (χ2n) is 12.5. The average molecular weight is 631 g/mol. The molecule has 2 aromatic heterocycles. The minimum Gasteiger partial charge on any atom is -0.497 e. The molecular weight excluding hydrogens is 588 g/mol. The number of amides is 1. The topological polar surface area (TPSA) is 106 Å². The molecule has 3 aromatic carbocycles. The summed E-state index contributed by atoms with van der Waals surface area (Å²) in [5.41, 5.74) is 7.11. The molecule has 1 amide bonds. The minimum absolute atomic E-state index is 0.0125. The van der Waals surface area contributed by atoms with Gasteiger partial charge in [-0.1, -0.05) is 55.0 Å². The van der Waals surface area contributed by atoms with Crippen LogP contribution >= 0.6 is 0 Å². The maximum absolute atomic E-state index is 13.8. The lowest BCUT2D eigenvalue weighted by Crippen LogP contribution is -2.48. The first kappa shape index (κ1) is 30.7. The van der Waals surface area contributed by atoms with Crippen LogP contribution in [0.1, 0.15) is 65.6 Å². The first-order valence-electron chi connectivity index (χ1n) is 16.6. The van der Waals surface area contributed by atoms with Gasteiger partial charge in [-0.2, -0.15) is 0 Å². The van der Waals surface area contributed by atoms with E-state index in [-0.39, 0.29) is 18.0 Å². The fourth-order valence-corrected chi connectivity index (χ4v) is 7.02. The van der Waals surface area contributed by atoms with Crippen molar-refractivity contribution in [1.29, 1.82) is 0 Å². The lowest BCUT2D eigenvalue weighted by molar-refractivity contribution is -0.124. The van der Waals surface area contributed by atoms with Crippen LogP contribution in [0.2, 0.25) is 0 Å². The van der Waals surface area contributed by atoms with Gasteiger partial charge in [-0.25, -0.2) is 0 Å². The summed E-state index contributed by atoms with van der Waals surface area (Å²) in [5, 5.41) is 17.7. The zero-order chi connectivity index (χ0) is 32.2. The number of para-hydroxylation sites is 1. The Balaban J connectivity index is 1.26. The summed E-state index contributed by atoms with van der Waals surface area (Å²) in [4.78, 5) is 17.2. The predicted octanol–water partition coefficient (Wildman–Crippen LogP) is 5.94. The summed E-state index contributed by atoms with van der Waals surface area (Å²) in [7, 11) is 3.33. The van der Waals surface area contributed by atoms with Crippen molar-refractivity contribution in [3.8, 4) is 11.5 Å². The van der Waals surface area contributed by atoms with Crippen molar-refractivity contribution in [2.75, 3.05) is 20.8 Å². The number of piperidine rings is 1. The molecule has 242 valence electrons. The highest BCUT2D eigenvalue weighted by atomic mass is 16.5. The third-order valence-electron chi connectivity index (χ3n) is 9.58. The van der Waals surface area contributed by atoms with Crippen molar-refractivity contribution in [2.24, 2.45) is 0 Å². The first-order valence-corrected chi connectivity index (χ1v) is 16.6. The standard InChI is InChI=1S/C38H42N6O3/c1-46-29-18-16-28(35(22-29)47-2)24-44-36(19-17-27-23-40-32-12-6-5-11-31(27)32)42-43-37(44)34(41-38(45)33-13-7-8-20-39-33)21-26-15-14-25-9-3-4-10-30(25)26/h3-6,9-12,15-16,18,22-23,33-34,39-40H,7-8,13-14,17,19-21,24H2,1-2H3,(H,41,45)/t33?,34-/m1/s1. The van der Waals surface area contributed by atoms with Gasteiger partial charge in [0, 0.05) is 41.6 Å². The van der Waals surface area contributed by atoms with Gasteiger partial charge in [0.25, 0.3) is 0 Å². The number of carbonyl (C=O) groups excluding carboxylic acids is 1. The molecule has 5 aromatic rings. The van der Waals surface area contributed by atoms with Gasteiger partial charge in [0.15, 0.2) is 5.82 Å². The number of ether oxygens (including phenoxy) is 2. The minimum atomic E-state index is -0.373. The van der Waals surface area contributed by atoms with Crippen LogP contribution in [-0.2, 0) is 30.6 Å². The van der Waals surface area contributed by atoms with E-state index in [9.17, 15) is 4.79 Å². The molecule has 7 rings (SSSR count). The molecule has 1 saturated heterocycles. The van der Waals surface area contributed by atoms with Crippen LogP contribution < -0.4 is 20.1 Å². The van der Waals surface area contributed by atoms with Gasteiger partial charge in [-0.05, 0) is 72.7 Å². The Bertz CT molecular complexity index is 1900. The van der Waals surface area contributed by atoms with Gasteiger partial charge in [0.1, 0.15) is 17.3 Å². The summed E-state index contributed by atoms with van der Waals surface area (Å²) in [6.07, 6.45) is 10.3. The van der Waals surface area contributed by atoms with Crippen molar-refractivity contribution < 1.29 is 14.3 Å². The largest absolute Gasteiger partial charge is 0.497 e. The molecule has 0 bridgehead atoms. The van der Waals surface area contributed by atoms with Crippen molar-refractivity contribution >= 4 is 22.4 Å². The van der Waals surface area contributed by atoms with Gasteiger partial charge >= 0.3 is 0 Å². The molecule has 0 saturated carbocycles. The summed E-state index contributed by atoms with van der Waals surface area (Å²) < 4.78 is 13.5. The lowest BCUT2D eigenvalue weighted by atomic mass is 9.98. The third-order valence-corrected chi connectivity index (χ3v) is 9.58. The molecular formula is C38H42N6O3. The Morgan fingerprint density at radius 2 is 1.87 bits per heavy atom. The second kappa shape index (κ2) is 13.8. The Morgan fingerprint density at radius 3 is 2.72 bits per heavy atom. The van der Waals surface area contributed by atoms with Crippen LogP contribution in [0.25, 0.3) is 16.5 Å². The normalized spacial score (nSPS) is 16.5. The molecule has 1 aliphatic carbocycles. The zero-order valence-electron chi connectivity index (χ0n) is 27.1. The Morgan fingerprint density at radius 1 is 1.00 bits per heavy atom. The van der Waals surface area contributed by atoms with E-state index in [1.54, 1.807) is 14.2 Å². The van der Waals surface area contributed by atoms with Gasteiger partial charge < -0.3 is 29.7 Å². The van der Waals surface area contributed by atoms with E-state index in [2.05, 4.69) is 74.9 Å². The predicted molar refractivity (Wildman–Crippen MR) is 184 cm³/mol. The molecule has 9 nitrogen and oxygen atoms in total. The number of allylic oxidation sites excluding steroid dienone is 1. The van der Waals surface area contributed by atoms with E-state index in [4.69, 9.17) is 19.7 Å². The van der Waals surface area contributed by atoms with Crippen LogP contribution in [0.15, 0.2) is 79.0 Å². The second-order valence-corrected chi connectivity index (χ2v) is 12.5. The van der Waals surface area contributed by atoms with Gasteiger partial charge in [0.2, 0.25) is 5.91 Å². The van der Waals surface area contributed by atoms with Gasteiger partial charge in [-0.3, -0.25) is 4.79 Å². The molecule has 3 N–H and O–H groups in total. The number of benzene rings is 3. The third kappa shape index (κ3) is 6.53. The number of hydrogen-bond acceptors (Lipinski definition) is 6. The lowest BCUT2D eigenvalue weighted by Gasteiger charge is -2.27. The van der Waals surface area contributed by atoms with Crippen molar-refractivity contribution in [3.05, 3.63) is 113 Å². The summed E-state index contributed by atoms with van der Waals surface area (Å²) >= 11 is 0. The summed E-state index contributed by atoms with van der Waals surface area (Å²) in [6, 6.07) is 22.2. The molecule has 0 radical (unpaired) electrons. The van der Waals surface area contributed by atoms with Crippen LogP contribution in [-0.4, -0.2) is 52.5 Å². The van der Waals surface area contributed by atoms with Crippen LogP contribution in [0.3, 0.4) is 0 Å². The highest BCUT2D eigenvalue weighted by molar-refractivity contribution is 5.83. The van der Waals surface area contributed by atoms with E-state index in [0.717, 1.165) is 72.9 Å². The maximum atomic E-state index is 13.8. The number of hydrogen-bond donors (Lipinski definition) is 3. The smallest absolute Gasteiger partial charge is 0.237 e. The van der Waals surface area contributed by atoms with E-state index in [1.807, 2.05) is 24.3 Å². The Kier molecular flexibility index (Phi) is 9.06. The number of nitrogens with zero attached hydrogens (tertiary/aromatic N) is 3. The highest BCUT2D eigenvalue weighted by Crippen LogP contribution is 2.35. The van der Waals surface area contributed by atoms with Crippen molar-refractivity contribution in [1.82, 2.24) is 30.4 Å². The molecule has 9 heteroatoms. The molecule has 47 heavy (non-hydrogen) atoms. The number of aryl methyl sites for hydroxylation is 2. The average Bonchev–Trinajstić information content (AvgIpc) is 3.84. The number of nitrogens with one attached hydrogen (secondary N) is 3. The number of aromatic nitrogens is 4. The summed E-state index contributed by atoms with van der Waals surface area (Å²) in [5.74, 6) is 3.07. The number of fused-ring (bicyclic) bond motifs is 2. The van der Waals surface area contributed by atoms with Crippen molar-refractivity contribution in [2.45, 2.75) is 63.6 Å². The van der Waals surface area contributed by atoms with Gasteiger partial charge in [0.05, 0.1) is 32.8 Å². The zero-order valence-corrected chi connectivity index (χ0v) is 27.1.